The predicted molar refractivity (Wildman–Crippen MR) is 72.3 cm³/mol. The van der Waals surface area contributed by atoms with Crippen LogP contribution in [-0.2, 0) is 0 Å². The van der Waals surface area contributed by atoms with Gasteiger partial charge in [-0.05, 0) is 32.9 Å². The van der Waals surface area contributed by atoms with Crippen LogP contribution in [0.25, 0.3) is 11.5 Å². The molecule has 0 radical (unpaired) electrons. The Bertz CT molecular complexity index is 518. The molecule has 1 atom stereocenters. The third kappa shape index (κ3) is 3.84. The fourth-order valence-corrected chi connectivity index (χ4v) is 1.61. The highest BCUT2D eigenvalue weighted by atomic mass is 16.3. The normalized spacial score (nSPS) is 13.5. The zero-order chi connectivity index (χ0) is 13.9. The standard InChI is InChI=1S/C13H19N5O/c1-13(2,3)15-7-11(19)9-5-4-6-10(17-9)12-14-8-16-18-12/h4-6,8,11,15,19H,7H2,1-3H3,(H,14,16,18)/t11-/m0/s1. The second-order valence-electron chi connectivity index (χ2n) is 5.43. The maximum atomic E-state index is 10.1. The van der Waals surface area contributed by atoms with E-state index in [1.807, 2.05) is 12.1 Å². The van der Waals surface area contributed by atoms with Crippen LogP contribution in [0.4, 0.5) is 0 Å². The number of hydrogen-bond donors (Lipinski definition) is 3. The number of nitrogens with zero attached hydrogens (tertiary/aromatic N) is 3. The van der Waals surface area contributed by atoms with Gasteiger partial charge in [0.15, 0.2) is 5.82 Å². The maximum Gasteiger partial charge on any atom is 0.179 e. The van der Waals surface area contributed by atoms with Gasteiger partial charge in [0, 0.05) is 12.1 Å². The van der Waals surface area contributed by atoms with Crippen molar-refractivity contribution in [3.8, 4) is 11.5 Å². The van der Waals surface area contributed by atoms with Crippen molar-refractivity contribution < 1.29 is 5.11 Å². The molecule has 0 saturated heterocycles. The molecule has 0 unspecified atom stereocenters. The molecule has 2 aromatic heterocycles. The second kappa shape index (κ2) is 5.46. The lowest BCUT2D eigenvalue weighted by Crippen LogP contribution is -2.38. The van der Waals surface area contributed by atoms with Gasteiger partial charge in [-0.2, -0.15) is 0 Å². The first-order valence-corrected chi connectivity index (χ1v) is 6.22. The highest BCUT2D eigenvalue weighted by Gasteiger charge is 2.15. The number of aromatic amines is 1. The molecular weight excluding hydrogens is 242 g/mol. The van der Waals surface area contributed by atoms with E-state index in [2.05, 4.69) is 46.3 Å². The molecule has 2 rings (SSSR count). The Morgan fingerprint density at radius 3 is 2.79 bits per heavy atom. The molecular formula is C13H19N5O. The summed E-state index contributed by atoms with van der Waals surface area (Å²) in [6.07, 6.45) is 0.850. The highest BCUT2D eigenvalue weighted by Crippen LogP contribution is 2.16. The van der Waals surface area contributed by atoms with E-state index < -0.39 is 6.10 Å². The van der Waals surface area contributed by atoms with Crippen molar-refractivity contribution in [3.05, 3.63) is 30.2 Å². The van der Waals surface area contributed by atoms with Crippen LogP contribution in [0.5, 0.6) is 0 Å². The summed E-state index contributed by atoms with van der Waals surface area (Å²) in [5, 5.41) is 21.0. The zero-order valence-electron chi connectivity index (χ0n) is 11.4. The summed E-state index contributed by atoms with van der Waals surface area (Å²) in [6.45, 7) is 6.62. The molecule has 2 aromatic rings. The number of aliphatic hydroxyl groups is 1. The molecule has 0 aliphatic carbocycles. The second-order valence-corrected chi connectivity index (χ2v) is 5.43. The van der Waals surface area contributed by atoms with Crippen molar-refractivity contribution in [2.75, 3.05) is 6.54 Å². The minimum atomic E-state index is -0.651. The number of aromatic nitrogens is 4. The third-order valence-corrected chi connectivity index (χ3v) is 2.60. The van der Waals surface area contributed by atoms with Crippen LogP contribution in [-0.4, -0.2) is 37.4 Å². The Labute approximate surface area is 112 Å². The van der Waals surface area contributed by atoms with Gasteiger partial charge in [-0.1, -0.05) is 6.07 Å². The molecule has 0 aliphatic rings. The van der Waals surface area contributed by atoms with Gasteiger partial charge in [-0.15, -0.1) is 10.2 Å². The molecule has 0 aliphatic heterocycles. The molecule has 0 bridgehead atoms. The van der Waals surface area contributed by atoms with E-state index in [0.29, 0.717) is 23.8 Å². The number of aliphatic hydroxyl groups excluding tert-OH is 1. The van der Waals surface area contributed by atoms with Crippen LogP contribution < -0.4 is 5.32 Å². The van der Waals surface area contributed by atoms with Gasteiger partial charge in [0.25, 0.3) is 0 Å². The lowest BCUT2D eigenvalue weighted by molar-refractivity contribution is 0.159. The van der Waals surface area contributed by atoms with Crippen molar-refractivity contribution >= 4 is 0 Å². The highest BCUT2D eigenvalue weighted by molar-refractivity contribution is 5.48. The third-order valence-electron chi connectivity index (χ3n) is 2.60. The van der Waals surface area contributed by atoms with Gasteiger partial charge in [0.2, 0.25) is 0 Å². The van der Waals surface area contributed by atoms with Crippen LogP contribution in [0.15, 0.2) is 24.5 Å². The van der Waals surface area contributed by atoms with Crippen molar-refractivity contribution in [3.63, 3.8) is 0 Å². The number of H-pyrrole nitrogens is 1. The summed E-state index contributed by atoms with van der Waals surface area (Å²) in [6, 6.07) is 5.48. The van der Waals surface area contributed by atoms with Gasteiger partial charge in [0.05, 0.1) is 5.69 Å². The number of β-amino-alcohol motifs (C(OH)–C–C–N with tert-alkyl or cyclic N) is 1. The first kappa shape index (κ1) is 13.6. The monoisotopic (exact) mass is 261 g/mol. The molecule has 0 spiro atoms. The smallest absolute Gasteiger partial charge is 0.179 e. The fraction of sp³-hybridized carbons (Fsp3) is 0.462. The van der Waals surface area contributed by atoms with E-state index in [4.69, 9.17) is 0 Å². The predicted octanol–water partition coefficient (Wildman–Crippen LogP) is 1.29. The van der Waals surface area contributed by atoms with Crippen molar-refractivity contribution in [1.82, 2.24) is 25.5 Å². The van der Waals surface area contributed by atoms with Crippen molar-refractivity contribution in [2.24, 2.45) is 0 Å². The van der Waals surface area contributed by atoms with Crippen molar-refractivity contribution in [2.45, 2.75) is 32.4 Å². The SMILES string of the molecule is CC(C)(C)NC[C@H](O)c1cccc(-c2nnc[nH]2)n1. The van der Waals surface area contributed by atoms with Crippen LogP contribution >= 0.6 is 0 Å². The molecule has 0 aromatic carbocycles. The quantitative estimate of drug-likeness (QED) is 0.772. The first-order valence-electron chi connectivity index (χ1n) is 6.22. The number of rotatable bonds is 4. The lowest BCUT2D eigenvalue weighted by Gasteiger charge is -2.22. The molecule has 2 heterocycles. The molecule has 0 saturated carbocycles. The molecule has 6 heteroatoms. The Morgan fingerprint density at radius 2 is 2.16 bits per heavy atom. The van der Waals surface area contributed by atoms with E-state index >= 15 is 0 Å². The van der Waals surface area contributed by atoms with E-state index in [1.54, 1.807) is 6.07 Å². The number of hydrogen-bond acceptors (Lipinski definition) is 5. The van der Waals surface area contributed by atoms with Crippen LogP contribution in [0.2, 0.25) is 0 Å². The summed E-state index contributed by atoms with van der Waals surface area (Å²) >= 11 is 0. The van der Waals surface area contributed by atoms with Crippen molar-refractivity contribution in [1.29, 1.82) is 0 Å². The van der Waals surface area contributed by atoms with Gasteiger partial charge < -0.3 is 15.4 Å². The molecule has 6 nitrogen and oxygen atoms in total. The first-order chi connectivity index (χ1) is 8.96. The lowest BCUT2D eigenvalue weighted by atomic mass is 10.1. The summed E-state index contributed by atoms with van der Waals surface area (Å²) < 4.78 is 0. The Hall–Kier alpha value is -1.79. The zero-order valence-corrected chi connectivity index (χ0v) is 11.4. The van der Waals surface area contributed by atoms with Gasteiger partial charge in [-0.3, -0.25) is 0 Å². The molecule has 0 fully saturated rings. The summed E-state index contributed by atoms with van der Waals surface area (Å²) in [5.74, 6) is 0.595. The Morgan fingerprint density at radius 1 is 1.37 bits per heavy atom. The molecule has 19 heavy (non-hydrogen) atoms. The largest absolute Gasteiger partial charge is 0.385 e. The summed E-state index contributed by atoms with van der Waals surface area (Å²) in [7, 11) is 0. The van der Waals surface area contributed by atoms with E-state index in [-0.39, 0.29) is 5.54 Å². The van der Waals surface area contributed by atoms with Gasteiger partial charge in [-0.25, -0.2) is 4.98 Å². The maximum absolute atomic E-state index is 10.1. The van der Waals surface area contributed by atoms with Gasteiger partial charge in [0.1, 0.15) is 18.1 Å². The van der Waals surface area contributed by atoms with Crippen LogP contribution in [0, 0.1) is 0 Å². The number of pyridine rings is 1. The van der Waals surface area contributed by atoms with Crippen LogP contribution in [0.1, 0.15) is 32.6 Å². The number of nitrogens with one attached hydrogen (secondary N) is 2. The fourth-order valence-electron chi connectivity index (χ4n) is 1.61. The average molecular weight is 261 g/mol. The van der Waals surface area contributed by atoms with E-state index in [0.717, 1.165) is 0 Å². The Kier molecular flexibility index (Phi) is 3.92. The Balaban J connectivity index is 2.10. The summed E-state index contributed by atoms with van der Waals surface area (Å²) in [4.78, 5) is 7.29. The van der Waals surface area contributed by atoms with Gasteiger partial charge >= 0.3 is 0 Å². The minimum absolute atomic E-state index is 0.0382. The topological polar surface area (TPSA) is 86.7 Å². The molecule has 0 amide bonds. The molecule has 102 valence electrons. The minimum Gasteiger partial charge on any atom is -0.385 e. The van der Waals surface area contributed by atoms with E-state index in [1.165, 1.54) is 6.33 Å². The summed E-state index contributed by atoms with van der Waals surface area (Å²) in [5.41, 5.74) is 1.25. The van der Waals surface area contributed by atoms with E-state index in [9.17, 15) is 5.11 Å². The van der Waals surface area contributed by atoms with Crippen LogP contribution in [0.3, 0.4) is 0 Å². The average Bonchev–Trinajstić information content (AvgIpc) is 2.89. The molecule has 3 N–H and O–H groups in total.